The van der Waals surface area contributed by atoms with E-state index in [1.807, 2.05) is 26.0 Å². The first kappa shape index (κ1) is 13.4. The van der Waals surface area contributed by atoms with Gasteiger partial charge >= 0.3 is 0 Å². The van der Waals surface area contributed by atoms with Gasteiger partial charge in [-0.05, 0) is 24.5 Å². The number of nitrogens with one attached hydrogen (secondary N) is 1. The molecule has 0 spiro atoms. The van der Waals surface area contributed by atoms with Gasteiger partial charge in [-0.2, -0.15) is 0 Å². The molecule has 0 amide bonds. The zero-order valence-corrected chi connectivity index (χ0v) is 12.8. The van der Waals surface area contributed by atoms with E-state index in [2.05, 4.69) is 50.5 Å². The van der Waals surface area contributed by atoms with Crippen molar-refractivity contribution in [1.29, 1.82) is 0 Å². The Morgan fingerprint density at radius 2 is 2.06 bits per heavy atom. The molecule has 1 saturated carbocycles. The van der Waals surface area contributed by atoms with Crippen LogP contribution >= 0.6 is 15.9 Å². The van der Waals surface area contributed by atoms with Crippen molar-refractivity contribution in [3.8, 4) is 0 Å². The molecule has 0 radical (unpaired) electrons. The van der Waals surface area contributed by atoms with E-state index < -0.39 is 0 Å². The summed E-state index contributed by atoms with van der Waals surface area (Å²) in [7, 11) is 5.83. The molecule has 0 saturated heterocycles. The van der Waals surface area contributed by atoms with Crippen molar-refractivity contribution in [2.45, 2.75) is 18.3 Å². The van der Waals surface area contributed by atoms with E-state index >= 15 is 0 Å². The zero-order chi connectivity index (χ0) is 13.2. The van der Waals surface area contributed by atoms with Crippen molar-refractivity contribution < 1.29 is 0 Å². The molecule has 0 heterocycles. The van der Waals surface area contributed by atoms with Gasteiger partial charge in [-0.3, -0.25) is 4.99 Å². The van der Waals surface area contributed by atoms with E-state index in [0.29, 0.717) is 0 Å². The molecule has 0 aliphatic heterocycles. The summed E-state index contributed by atoms with van der Waals surface area (Å²) in [5.41, 5.74) is 1.69. The highest BCUT2D eigenvalue weighted by Gasteiger charge is 2.45. The summed E-state index contributed by atoms with van der Waals surface area (Å²) in [6.07, 6.45) is 2.49. The van der Waals surface area contributed by atoms with Gasteiger partial charge in [0.25, 0.3) is 0 Å². The molecule has 0 unspecified atom stereocenters. The number of benzene rings is 1. The number of aliphatic imine (C=N–C) groups is 1. The summed E-state index contributed by atoms with van der Waals surface area (Å²) in [5, 5.41) is 3.45. The van der Waals surface area contributed by atoms with E-state index in [1.165, 1.54) is 22.9 Å². The molecule has 1 aromatic rings. The largest absolute Gasteiger partial charge is 0.355 e. The van der Waals surface area contributed by atoms with Crippen LogP contribution in [0.2, 0.25) is 0 Å². The van der Waals surface area contributed by atoms with Crippen molar-refractivity contribution in [3.63, 3.8) is 0 Å². The Hall–Kier alpha value is -1.03. The van der Waals surface area contributed by atoms with Gasteiger partial charge in [0.05, 0.1) is 0 Å². The average molecular weight is 310 g/mol. The molecule has 18 heavy (non-hydrogen) atoms. The van der Waals surface area contributed by atoms with Crippen LogP contribution in [0.3, 0.4) is 0 Å². The van der Waals surface area contributed by atoms with Crippen LogP contribution in [-0.4, -0.2) is 38.5 Å². The summed E-state index contributed by atoms with van der Waals surface area (Å²) in [5.74, 6) is 0.938. The third-order valence-corrected chi connectivity index (χ3v) is 4.21. The maximum atomic E-state index is 4.25. The molecule has 2 rings (SSSR count). The van der Waals surface area contributed by atoms with Gasteiger partial charge in [0.2, 0.25) is 0 Å². The maximum Gasteiger partial charge on any atom is 0.193 e. The Bertz CT molecular complexity index is 450. The van der Waals surface area contributed by atoms with Crippen molar-refractivity contribution >= 4 is 21.9 Å². The lowest BCUT2D eigenvalue weighted by atomic mass is 9.96. The standard InChI is InChI=1S/C14H20BrN3/c1-16-13(18(2)3)17-10-14(8-9-14)11-6-4-5-7-12(11)15/h4-7H,8-10H2,1-3H3,(H,16,17). The number of hydrogen-bond acceptors (Lipinski definition) is 1. The number of hydrogen-bond donors (Lipinski definition) is 1. The Labute approximate surface area is 117 Å². The lowest BCUT2D eigenvalue weighted by molar-refractivity contribution is 0.558. The molecule has 1 aliphatic carbocycles. The second-order valence-electron chi connectivity index (χ2n) is 5.06. The van der Waals surface area contributed by atoms with Gasteiger partial charge in [0, 0.05) is 37.6 Å². The number of nitrogens with zero attached hydrogens (tertiary/aromatic N) is 2. The second-order valence-corrected chi connectivity index (χ2v) is 5.91. The molecular formula is C14H20BrN3. The first-order valence-electron chi connectivity index (χ1n) is 6.22. The van der Waals surface area contributed by atoms with Crippen LogP contribution in [0.5, 0.6) is 0 Å². The lowest BCUT2D eigenvalue weighted by Crippen LogP contribution is -2.40. The third kappa shape index (κ3) is 2.69. The minimum Gasteiger partial charge on any atom is -0.355 e. The molecular weight excluding hydrogens is 290 g/mol. The average Bonchev–Trinajstić information content (AvgIpc) is 3.11. The smallest absolute Gasteiger partial charge is 0.193 e. The van der Waals surface area contributed by atoms with Crippen molar-refractivity contribution in [1.82, 2.24) is 10.2 Å². The van der Waals surface area contributed by atoms with Gasteiger partial charge in [-0.15, -0.1) is 0 Å². The molecule has 0 atom stereocenters. The van der Waals surface area contributed by atoms with Gasteiger partial charge in [-0.25, -0.2) is 0 Å². The van der Waals surface area contributed by atoms with E-state index in [4.69, 9.17) is 0 Å². The molecule has 1 fully saturated rings. The first-order valence-corrected chi connectivity index (χ1v) is 7.01. The fourth-order valence-electron chi connectivity index (χ4n) is 2.27. The SMILES string of the molecule is CN=C(NCC1(c2ccccc2Br)CC1)N(C)C. The normalized spacial score (nSPS) is 17.4. The third-order valence-electron chi connectivity index (χ3n) is 3.52. The fourth-order valence-corrected chi connectivity index (χ4v) is 2.97. The van der Waals surface area contributed by atoms with Crippen LogP contribution < -0.4 is 5.32 Å². The number of halogens is 1. The molecule has 0 aromatic heterocycles. The summed E-state index contributed by atoms with van der Waals surface area (Å²) in [6.45, 7) is 0.945. The Morgan fingerprint density at radius 3 is 2.56 bits per heavy atom. The van der Waals surface area contributed by atoms with E-state index in [9.17, 15) is 0 Å². The van der Waals surface area contributed by atoms with Crippen molar-refractivity contribution in [3.05, 3.63) is 34.3 Å². The molecule has 98 valence electrons. The Morgan fingerprint density at radius 1 is 1.39 bits per heavy atom. The van der Waals surface area contributed by atoms with E-state index in [-0.39, 0.29) is 5.41 Å². The van der Waals surface area contributed by atoms with Crippen LogP contribution in [-0.2, 0) is 5.41 Å². The van der Waals surface area contributed by atoms with Crippen molar-refractivity contribution in [2.24, 2.45) is 4.99 Å². The minimum atomic E-state index is 0.284. The highest BCUT2D eigenvalue weighted by Crippen LogP contribution is 2.49. The minimum absolute atomic E-state index is 0.284. The van der Waals surface area contributed by atoms with Crippen LogP contribution in [0.15, 0.2) is 33.7 Å². The van der Waals surface area contributed by atoms with Crippen LogP contribution in [0, 0.1) is 0 Å². The van der Waals surface area contributed by atoms with E-state index in [1.54, 1.807) is 0 Å². The summed E-state index contributed by atoms with van der Waals surface area (Å²) in [4.78, 5) is 6.26. The fraction of sp³-hybridized carbons (Fsp3) is 0.500. The van der Waals surface area contributed by atoms with Gasteiger partial charge in [-0.1, -0.05) is 34.1 Å². The first-order chi connectivity index (χ1) is 8.59. The zero-order valence-electron chi connectivity index (χ0n) is 11.2. The summed E-state index contributed by atoms with van der Waals surface area (Å²) < 4.78 is 1.21. The molecule has 4 heteroatoms. The molecule has 1 aromatic carbocycles. The highest BCUT2D eigenvalue weighted by molar-refractivity contribution is 9.10. The molecule has 1 aliphatic rings. The van der Waals surface area contributed by atoms with Crippen LogP contribution in [0.25, 0.3) is 0 Å². The Kier molecular flexibility index (Phi) is 3.95. The van der Waals surface area contributed by atoms with Gasteiger partial charge < -0.3 is 10.2 Å². The second kappa shape index (κ2) is 5.31. The predicted octanol–water partition coefficient (Wildman–Crippen LogP) is 2.62. The highest BCUT2D eigenvalue weighted by atomic mass is 79.9. The topological polar surface area (TPSA) is 27.6 Å². The van der Waals surface area contributed by atoms with Crippen molar-refractivity contribution in [2.75, 3.05) is 27.7 Å². The molecule has 1 N–H and O–H groups in total. The number of rotatable bonds is 3. The van der Waals surface area contributed by atoms with Crippen LogP contribution in [0.1, 0.15) is 18.4 Å². The lowest BCUT2D eigenvalue weighted by Gasteiger charge is -2.22. The maximum absolute atomic E-state index is 4.25. The Balaban J connectivity index is 2.08. The van der Waals surface area contributed by atoms with Gasteiger partial charge in [0.15, 0.2) is 5.96 Å². The monoisotopic (exact) mass is 309 g/mol. The molecule has 3 nitrogen and oxygen atoms in total. The van der Waals surface area contributed by atoms with Crippen LogP contribution in [0.4, 0.5) is 0 Å². The quantitative estimate of drug-likeness (QED) is 0.686. The predicted molar refractivity (Wildman–Crippen MR) is 80.1 cm³/mol. The summed E-state index contributed by atoms with van der Waals surface area (Å²) in [6, 6.07) is 8.52. The van der Waals surface area contributed by atoms with Gasteiger partial charge in [0.1, 0.15) is 0 Å². The summed E-state index contributed by atoms with van der Waals surface area (Å²) >= 11 is 3.66. The number of guanidine groups is 1. The molecule has 0 bridgehead atoms. The van der Waals surface area contributed by atoms with E-state index in [0.717, 1.165) is 12.5 Å².